The van der Waals surface area contributed by atoms with Crippen molar-refractivity contribution in [2.24, 2.45) is 4.99 Å². The number of nitrogens with zero attached hydrogens (tertiary/aromatic N) is 2. The molecule has 1 aromatic heterocycles. The molecule has 0 fully saturated rings. The minimum Gasteiger partial charge on any atom is -0.272 e. The van der Waals surface area contributed by atoms with Gasteiger partial charge in [-0.3, -0.25) is 9.36 Å². The zero-order chi connectivity index (χ0) is 22.9. The molecule has 1 aliphatic carbocycles. The summed E-state index contributed by atoms with van der Waals surface area (Å²) in [4.78, 5) is 19.6. The first-order valence-electron chi connectivity index (χ1n) is 11.7. The van der Waals surface area contributed by atoms with Gasteiger partial charge in [-0.05, 0) is 59.3 Å². The average Bonchev–Trinajstić information content (AvgIpc) is 3.19. The summed E-state index contributed by atoms with van der Waals surface area (Å²) in [5.74, 6) is 0. The third kappa shape index (κ3) is 3.80. The predicted molar refractivity (Wildman–Crippen MR) is 139 cm³/mol. The van der Waals surface area contributed by atoms with Crippen molar-refractivity contribution in [2.75, 3.05) is 0 Å². The van der Waals surface area contributed by atoms with Crippen LogP contribution in [0.1, 0.15) is 42.0 Å². The maximum absolute atomic E-state index is 13.7. The molecule has 1 aliphatic heterocycles. The van der Waals surface area contributed by atoms with Gasteiger partial charge in [0.05, 0.1) is 16.3 Å². The van der Waals surface area contributed by atoms with E-state index in [1.807, 2.05) is 53.1 Å². The van der Waals surface area contributed by atoms with Gasteiger partial charge in [0.1, 0.15) is 0 Å². The molecule has 6 rings (SSSR count). The van der Waals surface area contributed by atoms with E-state index in [4.69, 9.17) is 4.99 Å². The molecule has 2 heterocycles. The molecule has 2 aliphatic rings. The summed E-state index contributed by atoms with van der Waals surface area (Å²) in [7, 11) is 0. The van der Waals surface area contributed by atoms with Gasteiger partial charge >= 0.3 is 0 Å². The van der Waals surface area contributed by atoms with Crippen LogP contribution >= 0.6 is 11.3 Å². The maximum Gasteiger partial charge on any atom is 0.271 e. The van der Waals surface area contributed by atoms with E-state index in [9.17, 15) is 4.79 Å². The Labute approximate surface area is 202 Å². The fraction of sp³-hybridized carbons (Fsp3) is 0.133. The summed E-state index contributed by atoms with van der Waals surface area (Å²) in [6.45, 7) is 0. The SMILES string of the molecule is O=c1/c(=C/c2ccccc2)sc2n1[C@@H](c1ccccc1)C1=C(N=2)/C(=C/c2ccccc2)CCC1. The molecule has 34 heavy (non-hydrogen) atoms. The zero-order valence-corrected chi connectivity index (χ0v) is 19.5. The third-order valence-electron chi connectivity index (χ3n) is 6.49. The number of rotatable bonds is 3. The van der Waals surface area contributed by atoms with Crippen LogP contribution in [-0.4, -0.2) is 4.57 Å². The molecule has 3 aromatic carbocycles. The number of hydrogen-bond donors (Lipinski definition) is 0. The van der Waals surface area contributed by atoms with Crippen molar-refractivity contribution < 1.29 is 0 Å². The van der Waals surface area contributed by atoms with E-state index in [0.717, 1.165) is 45.4 Å². The highest BCUT2D eigenvalue weighted by Crippen LogP contribution is 2.40. The molecular weight excluding hydrogens is 436 g/mol. The van der Waals surface area contributed by atoms with Crippen molar-refractivity contribution in [2.45, 2.75) is 25.3 Å². The quantitative estimate of drug-likeness (QED) is 0.398. The fourth-order valence-electron chi connectivity index (χ4n) is 4.94. The Kier molecular flexibility index (Phi) is 5.44. The van der Waals surface area contributed by atoms with Crippen LogP contribution < -0.4 is 14.9 Å². The first kappa shape index (κ1) is 20.8. The first-order chi connectivity index (χ1) is 16.8. The van der Waals surface area contributed by atoms with Crippen molar-refractivity contribution in [3.8, 4) is 0 Å². The Bertz CT molecular complexity index is 1580. The van der Waals surface area contributed by atoms with E-state index in [0.29, 0.717) is 0 Å². The highest BCUT2D eigenvalue weighted by Gasteiger charge is 2.32. The van der Waals surface area contributed by atoms with Gasteiger partial charge in [-0.15, -0.1) is 0 Å². The van der Waals surface area contributed by atoms with E-state index in [-0.39, 0.29) is 11.6 Å². The molecule has 4 aromatic rings. The standard InChI is InChI=1S/C30H24N2OS/c33-29-26(20-22-13-6-2-7-14-22)34-30-31-27-24(19-21-11-4-1-5-12-21)17-10-18-25(27)28(32(29)30)23-15-8-3-9-16-23/h1-9,11-16,19-20,28H,10,17-18H2/b24-19+,26-20-/t28-/m0/s1. The normalized spacial score (nSPS) is 19.0. The van der Waals surface area contributed by atoms with Crippen molar-refractivity contribution >= 4 is 23.5 Å². The summed E-state index contributed by atoms with van der Waals surface area (Å²) in [5, 5.41) is 0. The van der Waals surface area contributed by atoms with E-state index in [1.165, 1.54) is 28.0 Å². The van der Waals surface area contributed by atoms with E-state index >= 15 is 0 Å². The number of hydrogen-bond acceptors (Lipinski definition) is 3. The lowest BCUT2D eigenvalue weighted by molar-refractivity contribution is 0.553. The molecule has 4 heteroatoms. The topological polar surface area (TPSA) is 34.4 Å². The van der Waals surface area contributed by atoms with Crippen LogP contribution in [0.3, 0.4) is 0 Å². The second kappa shape index (κ2) is 8.88. The summed E-state index contributed by atoms with van der Waals surface area (Å²) < 4.78 is 2.64. The average molecular weight is 461 g/mol. The minimum absolute atomic E-state index is 0.0344. The Balaban J connectivity index is 1.59. The van der Waals surface area contributed by atoms with Crippen LogP contribution in [-0.2, 0) is 0 Å². The molecule has 0 amide bonds. The minimum atomic E-state index is -0.121. The van der Waals surface area contributed by atoms with Gasteiger partial charge in [0.15, 0.2) is 4.80 Å². The molecule has 0 saturated heterocycles. The highest BCUT2D eigenvalue weighted by molar-refractivity contribution is 7.07. The molecule has 166 valence electrons. The van der Waals surface area contributed by atoms with Crippen molar-refractivity contribution in [1.82, 2.24) is 4.57 Å². The molecule has 0 radical (unpaired) electrons. The smallest absolute Gasteiger partial charge is 0.271 e. The molecule has 0 spiro atoms. The summed E-state index contributed by atoms with van der Waals surface area (Å²) in [6.07, 6.45) is 7.25. The van der Waals surface area contributed by atoms with Gasteiger partial charge < -0.3 is 0 Å². The van der Waals surface area contributed by atoms with E-state index < -0.39 is 0 Å². The lowest BCUT2D eigenvalue weighted by Crippen LogP contribution is -2.39. The van der Waals surface area contributed by atoms with Crippen LogP contribution in [0.15, 0.2) is 118 Å². The second-order valence-corrected chi connectivity index (χ2v) is 9.72. The fourth-order valence-corrected chi connectivity index (χ4v) is 5.94. The predicted octanol–water partition coefficient (Wildman–Crippen LogP) is 5.48. The van der Waals surface area contributed by atoms with Gasteiger partial charge in [-0.1, -0.05) is 102 Å². The monoisotopic (exact) mass is 460 g/mol. The Morgan fingerprint density at radius 3 is 2.09 bits per heavy atom. The van der Waals surface area contributed by atoms with Gasteiger partial charge in [0.25, 0.3) is 5.56 Å². The molecule has 3 nitrogen and oxygen atoms in total. The van der Waals surface area contributed by atoms with E-state index in [1.54, 1.807) is 0 Å². The van der Waals surface area contributed by atoms with Crippen LogP contribution in [0.2, 0.25) is 0 Å². The van der Waals surface area contributed by atoms with E-state index in [2.05, 4.69) is 54.6 Å². The lowest BCUT2D eigenvalue weighted by atomic mass is 9.84. The third-order valence-corrected chi connectivity index (χ3v) is 7.47. The van der Waals surface area contributed by atoms with Crippen molar-refractivity contribution in [3.05, 3.63) is 144 Å². The van der Waals surface area contributed by atoms with Crippen LogP contribution in [0, 0.1) is 0 Å². The van der Waals surface area contributed by atoms with Gasteiger partial charge in [-0.2, -0.15) is 0 Å². The van der Waals surface area contributed by atoms with Crippen molar-refractivity contribution in [1.29, 1.82) is 0 Å². The first-order valence-corrected chi connectivity index (χ1v) is 12.5. The van der Waals surface area contributed by atoms with Gasteiger partial charge in [0, 0.05) is 0 Å². The Morgan fingerprint density at radius 2 is 1.41 bits per heavy atom. The number of allylic oxidation sites excluding steroid dienone is 2. The van der Waals surface area contributed by atoms with Gasteiger partial charge in [0.2, 0.25) is 0 Å². The van der Waals surface area contributed by atoms with Crippen LogP contribution in [0.4, 0.5) is 0 Å². The molecule has 0 N–H and O–H groups in total. The molecule has 0 bridgehead atoms. The number of aromatic nitrogens is 1. The zero-order valence-electron chi connectivity index (χ0n) is 18.7. The van der Waals surface area contributed by atoms with Crippen LogP contribution in [0.25, 0.3) is 12.2 Å². The largest absolute Gasteiger partial charge is 0.272 e. The summed E-state index contributed by atoms with van der Waals surface area (Å²) >= 11 is 1.49. The molecule has 1 atom stereocenters. The van der Waals surface area contributed by atoms with Crippen LogP contribution in [0.5, 0.6) is 0 Å². The van der Waals surface area contributed by atoms with Gasteiger partial charge in [-0.25, -0.2) is 4.99 Å². The summed E-state index contributed by atoms with van der Waals surface area (Å²) in [5.41, 5.74) is 6.96. The highest BCUT2D eigenvalue weighted by atomic mass is 32.1. The molecular formula is C30H24N2OS. The summed E-state index contributed by atoms with van der Waals surface area (Å²) in [6, 6.07) is 30.7. The lowest BCUT2D eigenvalue weighted by Gasteiger charge is -2.31. The number of fused-ring (bicyclic) bond motifs is 1. The molecule has 0 saturated carbocycles. The second-order valence-electron chi connectivity index (χ2n) is 8.71. The number of benzene rings is 3. The Morgan fingerprint density at radius 1 is 0.794 bits per heavy atom. The Hall–Kier alpha value is -3.76. The number of thiazole rings is 1. The maximum atomic E-state index is 13.7. The van der Waals surface area contributed by atoms with Crippen molar-refractivity contribution in [3.63, 3.8) is 0 Å². The molecule has 0 unspecified atom stereocenters.